The largest absolute Gasteiger partial charge is 0.314 e. The van der Waals surface area contributed by atoms with E-state index in [2.05, 4.69) is 25.2 Å². The lowest BCUT2D eigenvalue weighted by Gasteiger charge is -2.12. The van der Waals surface area contributed by atoms with Gasteiger partial charge in [0, 0.05) is 6.04 Å². The molecule has 1 aliphatic carbocycles. The Balaban J connectivity index is 2.42. The van der Waals surface area contributed by atoms with E-state index in [9.17, 15) is 0 Å². The lowest BCUT2D eigenvalue weighted by atomic mass is 10.0. The number of rotatable bonds is 3. The SMILES string of the molecule is CNC(C)C(C)=CC1CCCC1. The molecule has 0 aromatic heterocycles. The zero-order chi connectivity index (χ0) is 8.97. The lowest BCUT2D eigenvalue weighted by Crippen LogP contribution is -2.22. The predicted molar refractivity (Wildman–Crippen MR) is 54.2 cm³/mol. The van der Waals surface area contributed by atoms with Gasteiger partial charge >= 0.3 is 0 Å². The maximum Gasteiger partial charge on any atom is 0.0245 e. The molecule has 1 nitrogen and oxygen atoms in total. The van der Waals surface area contributed by atoms with Gasteiger partial charge in [0.1, 0.15) is 0 Å². The lowest BCUT2D eigenvalue weighted by molar-refractivity contribution is 0.643. The number of allylic oxidation sites excluding steroid dienone is 1. The van der Waals surface area contributed by atoms with Gasteiger partial charge < -0.3 is 5.32 Å². The fourth-order valence-corrected chi connectivity index (χ4v) is 1.87. The second kappa shape index (κ2) is 4.66. The maximum atomic E-state index is 3.27. The van der Waals surface area contributed by atoms with Crippen molar-refractivity contribution in [3.63, 3.8) is 0 Å². The predicted octanol–water partition coefficient (Wildman–Crippen LogP) is 2.73. The first kappa shape index (κ1) is 9.79. The molecule has 1 unspecified atom stereocenters. The third kappa shape index (κ3) is 2.63. The highest BCUT2D eigenvalue weighted by molar-refractivity contribution is 5.08. The van der Waals surface area contributed by atoms with Crippen molar-refractivity contribution in [3.8, 4) is 0 Å². The summed E-state index contributed by atoms with van der Waals surface area (Å²) in [7, 11) is 2.02. The van der Waals surface area contributed by atoms with E-state index in [1.807, 2.05) is 7.05 Å². The minimum atomic E-state index is 0.547. The second-order valence-corrected chi connectivity index (χ2v) is 3.97. The van der Waals surface area contributed by atoms with Crippen LogP contribution in [-0.4, -0.2) is 13.1 Å². The van der Waals surface area contributed by atoms with E-state index in [1.165, 1.54) is 31.3 Å². The average Bonchev–Trinajstić information content (AvgIpc) is 2.55. The van der Waals surface area contributed by atoms with Crippen LogP contribution in [0.2, 0.25) is 0 Å². The second-order valence-electron chi connectivity index (χ2n) is 3.97. The van der Waals surface area contributed by atoms with Gasteiger partial charge in [-0.25, -0.2) is 0 Å². The summed E-state index contributed by atoms with van der Waals surface area (Å²) in [5, 5.41) is 3.27. The van der Waals surface area contributed by atoms with Crippen LogP contribution in [0, 0.1) is 5.92 Å². The Bertz CT molecular complexity index is 154. The molecule has 0 aromatic rings. The van der Waals surface area contributed by atoms with E-state index < -0.39 is 0 Å². The summed E-state index contributed by atoms with van der Waals surface area (Å²) in [4.78, 5) is 0. The molecule has 1 saturated carbocycles. The molecule has 1 rings (SSSR count). The van der Waals surface area contributed by atoms with Gasteiger partial charge in [0.05, 0.1) is 0 Å². The fraction of sp³-hybridized carbons (Fsp3) is 0.818. The van der Waals surface area contributed by atoms with Crippen molar-refractivity contribution in [1.29, 1.82) is 0 Å². The van der Waals surface area contributed by atoms with Gasteiger partial charge in [-0.15, -0.1) is 0 Å². The zero-order valence-corrected chi connectivity index (χ0v) is 8.56. The molecule has 70 valence electrons. The quantitative estimate of drug-likeness (QED) is 0.637. The smallest absolute Gasteiger partial charge is 0.0245 e. The molecule has 0 saturated heterocycles. The summed E-state index contributed by atoms with van der Waals surface area (Å²) < 4.78 is 0. The summed E-state index contributed by atoms with van der Waals surface area (Å²) in [6, 6.07) is 0.547. The molecule has 0 spiro atoms. The molecule has 12 heavy (non-hydrogen) atoms. The fourth-order valence-electron chi connectivity index (χ4n) is 1.87. The summed E-state index contributed by atoms with van der Waals surface area (Å²) in [6.07, 6.45) is 8.15. The Morgan fingerprint density at radius 2 is 2.00 bits per heavy atom. The van der Waals surface area contributed by atoms with E-state index in [0.717, 1.165) is 5.92 Å². The Morgan fingerprint density at radius 1 is 1.42 bits per heavy atom. The first-order valence-electron chi connectivity index (χ1n) is 5.09. The monoisotopic (exact) mass is 167 g/mol. The van der Waals surface area contributed by atoms with Crippen LogP contribution >= 0.6 is 0 Å². The van der Waals surface area contributed by atoms with E-state index in [-0.39, 0.29) is 0 Å². The number of nitrogens with one attached hydrogen (secondary N) is 1. The highest BCUT2D eigenvalue weighted by Gasteiger charge is 2.13. The molecule has 1 aliphatic rings. The highest BCUT2D eigenvalue weighted by Crippen LogP contribution is 2.27. The third-order valence-electron chi connectivity index (χ3n) is 3.01. The molecule has 1 atom stereocenters. The third-order valence-corrected chi connectivity index (χ3v) is 3.01. The zero-order valence-electron chi connectivity index (χ0n) is 8.56. The molecule has 0 aliphatic heterocycles. The van der Waals surface area contributed by atoms with Gasteiger partial charge in [0.15, 0.2) is 0 Å². The minimum absolute atomic E-state index is 0.547. The van der Waals surface area contributed by atoms with Crippen LogP contribution in [0.5, 0.6) is 0 Å². The average molecular weight is 167 g/mol. The summed E-state index contributed by atoms with van der Waals surface area (Å²) >= 11 is 0. The van der Waals surface area contributed by atoms with Crippen LogP contribution in [0.4, 0.5) is 0 Å². The normalized spacial score (nSPS) is 23.1. The van der Waals surface area contributed by atoms with Crippen molar-refractivity contribution in [2.45, 2.75) is 45.6 Å². The Hall–Kier alpha value is -0.300. The molecule has 0 amide bonds. The Kier molecular flexibility index (Phi) is 3.80. The van der Waals surface area contributed by atoms with Crippen LogP contribution < -0.4 is 5.32 Å². The van der Waals surface area contributed by atoms with E-state index >= 15 is 0 Å². The Morgan fingerprint density at radius 3 is 2.50 bits per heavy atom. The van der Waals surface area contributed by atoms with Gasteiger partial charge in [-0.05, 0) is 39.7 Å². The van der Waals surface area contributed by atoms with Gasteiger partial charge in [0.25, 0.3) is 0 Å². The van der Waals surface area contributed by atoms with Crippen LogP contribution in [0.15, 0.2) is 11.6 Å². The summed E-state index contributed by atoms with van der Waals surface area (Å²) in [6.45, 7) is 4.46. The van der Waals surface area contributed by atoms with Gasteiger partial charge in [-0.2, -0.15) is 0 Å². The van der Waals surface area contributed by atoms with Crippen LogP contribution in [0.3, 0.4) is 0 Å². The summed E-state index contributed by atoms with van der Waals surface area (Å²) in [5.74, 6) is 0.876. The Labute approximate surface area is 76.2 Å². The molecule has 1 fully saturated rings. The minimum Gasteiger partial charge on any atom is -0.314 e. The van der Waals surface area contributed by atoms with Gasteiger partial charge in [-0.1, -0.05) is 24.5 Å². The first-order chi connectivity index (χ1) is 5.74. The molecule has 0 radical (unpaired) electrons. The molecule has 0 aromatic carbocycles. The van der Waals surface area contributed by atoms with Crippen molar-refractivity contribution in [1.82, 2.24) is 5.32 Å². The van der Waals surface area contributed by atoms with Crippen molar-refractivity contribution in [2.75, 3.05) is 7.05 Å². The van der Waals surface area contributed by atoms with Gasteiger partial charge in [-0.3, -0.25) is 0 Å². The molecule has 1 heteroatoms. The van der Waals surface area contributed by atoms with E-state index in [4.69, 9.17) is 0 Å². The molecule has 1 N–H and O–H groups in total. The van der Waals surface area contributed by atoms with Crippen LogP contribution in [0.25, 0.3) is 0 Å². The molecular formula is C11H21N. The maximum absolute atomic E-state index is 3.27. The topological polar surface area (TPSA) is 12.0 Å². The van der Waals surface area contributed by atoms with Crippen LogP contribution in [-0.2, 0) is 0 Å². The number of hydrogen-bond acceptors (Lipinski definition) is 1. The number of hydrogen-bond donors (Lipinski definition) is 1. The molecule has 0 heterocycles. The van der Waals surface area contributed by atoms with Crippen molar-refractivity contribution < 1.29 is 0 Å². The van der Waals surface area contributed by atoms with Gasteiger partial charge in [0.2, 0.25) is 0 Å². The van der Waals surface area contributed by atoms with Crippen molar-refractivity contribution in [2.24, 2.45) is 5.92 Å². The van der Waals surface area contributed by atoms with E-state index in [1.54, 1.807) is 0 Å². The molecule has 0 bridgehead atoms. The first-order valence-corrected chi connectivity index (χ1v) is 5.09. The number of likely N-dealkylation sites (N-methyl/N-ethyl adjacent to an activating group) is 1. The molecular weight excluding hydrogens is 146 g/mol. The summed E-state index contributed by atoms with van der Waals surface area (Å²) in [5.41, 5.74) is 1.50. The van der Waals surface area contributed by atoms with Crippen molar-refractivity contribution in [3.05, 3.63) is 11.6 Å². The van der Waals surface area contributed by atoms with Crippen molar-refractivity contribution >= 4 is 0 Å². The van der Waals surface area contributed by atoms with E-state index in [0.29, 0.717) is 6.04 Å². The standard InChI is InChI=1S/C11H21N/c1-9(10(2)12-3)8-11-6-4-5-7-11/h8,10-12H,4-7H2,1-3H3. The highest BCUT2D eigenvalue weighted by atomic mass is 14.9. The van der Waals surface area contributed by atoms with Crippen LogP contribution in [0.1, 0.15) is 39.5 Å².